The summed E-state index contributed by atoms with van der Waals surface area (Å²) in [6, 6.07) is 4.82. The lowest BCUT2D eigenvalue weighted by atomic mass is 10.1. The number of allylic oxidation sites excluding steroid dienone is 1. The van der Waals surface area contributed by atoms with Crippen molar-refractivity contribution in [2.75, 3.05) is 7.11 Å². The number of rotatable bonds is 3. The zero-order valence-electron chi connectivity index (χ0n) is 8.29. The van der Waals surface area contributed by atoms with E-state index in [0.717, 1.165) is 0 Å². The van der Waals surface area contributed by atoms with Gasteiger partial charge in [-0.3, -0.25) is 0 Å². The fourth-order valence-electron chi connectivity index (χ4n) is 1.22. The summed E-state index contributed by atoms with van der Waals surface area (Å²) in [4.78, 5) is 11.2. The number of carbonyl (C=O) groups is 1. The number of phenols is 1. The van der Waals surface area contributed by atoms with Crippen LogP contribution in [0.25, 0.3) is 0 Å². The van der Waals surface area contributed by atoms with E-state index in [0.29, 0.717) is 17.0 Å². The highest BCUT2D eigenvalue weighted by Crippen LogP contribution is 2.25. The van der Waals surface area contributed by atoms with Gasteiger partial charge in [-0.25, -0.2) is 4.79 Å². The summed E-state index contributed by atoms with van der Waals surface area (Å²) >= 11 is 5.63. The summed E-state index contributed by atoms with van der Waals surface area (Å²) in [7, 11) is 1.26. The molecule has 0 spiro atoms. The maximum absolute atomic E-state index is 11.2. The highest BCUT2D eigenvalue weighted by atomic mass is 35.5. The molecule has 0 radical (unpaired) electrons. The lowest BCUT2D eigenvalue weighted by molar-refractivity contribution is 0.0597. The molecule has 1 aromatic carbocycles. The molecular formula is C11H11ClO3. The SMILES string of the molecule is C=C(Cl)Cc1cccc(C(=O)OC)c1O. The number of ether oxygens (including phenoxy) is 1. The third kappa shape index (κ3) is 2.73. The van der Waals surface area contributed by atoms with Gasteiger partial charge in [0, 0.05) is 17.0 Å². The molecule has 0 aliphatic rings. The molecule has 1 aromatic rings. The number of aromatic hydroxyl groups is 1. The molecule has 3 nitrogen and oxygen atoms in total. The van der Waals surface area contributed by atoms with Crippen molar-refractivity contribution >= 4 is 17.6 Å². The predicted molar refractivity (Wildman–Crippen MR) is 58.1 cm³/mol. The Kier molecular flexibility index (Phi) is 3.74. The van der Waals surface area contributed by atoms with Gasteiger partial charge in [0.05, 0.1) is 7.11 Å². The number of para-hydroxylation sites is 1. The van der Waals surface area contributed by atoms with Crippen LogP contribution < -0.4 is 0 Å². The monoisotopic (exact) mass is 226 g/mol. The van der Waals surface area contributed by atoms with E-state index in [1.54, 1.807) is 12.1 Å². The van der Waals surface area contributed by atoms with Crippen molar-refractivity contribution in [3.05, 3.63) is 40.9 Å². The quantitative estimate of drug-likeness (QED) is 0.806. The van der Waals surface area contributed by atoms with E-state index in [9.17, 15) is 9.90 Å². The zero-order valence-corrected chi connectivity index (χ0v) is 9.04. The normalized spacial score (nSPS) is 9.73. The van der Waals surface area contributed by atoms with Gasteiger partial charge in [-0.2, -0.15) is 0 Å². The van der Waals surface area contributed by atoms with Crippen molar-refractivity contribution in [1.82, 2.24) is 0 Å². The molecule has 0 aromatic heterocycles. The second-order valence-corrected chi connectivity index (χ2v) is 3.53. The Labute approximate surface area is 92.9 Å². The largest absolute Gasteiger partial charge is 0.507 e. The van der Waals surface area contributed by atoms with Crippen LogP contribution >= 0.6 is 11.6 Å². The van der Waals surface area contributed by atoms with E-state index in [-0.39, 0.29) is 11.3 Å². The van der Waals surface area contributed by atoms with Gasteiger partial charge in [0.2, 0.25) is 0 Å². The Hall–Kier alpha value is -1.48. The van der Waals surface area contributed by atoms with Crippen molar-refractivity contribution in [3.8, 4) is 5.75 Å². The van der Waals surface area contributed by atoms with Crippen LogP contribution in [0.1, 0.15) is 15.9 Å². The number of hydrogen-bond acceptors (Lipinski definition) is 3. The van der Waals surface area contributed by atoms with Gasteiger partial charge in [-0.15, -0.1) is 0 Å². The highest BCUT2D eigenvalue weighted by Gasteiger charge is 2.14. The first kappa shape index (κ1) is 11.6. The van der Waals surface area contributed by atoms with Crippen molar-refractivity contribution in [2.45, 2.75) is 6.42 Å². The summed E-state index contributed by atoms with van der Waals surface area (Å²) in [5, 5.41) is 10.1. The minimum atomic E-state index is -0.575. The molecule has 0 saturated carbocycles. The van der Waals surface area contributed by atoms with Gasteiger partial charge in [-0.05, 0) is 6.07 Å². The summed E-state index contributed by atoms with van der Waals surface area (Å²) in [6.45, 7) is 3.52. The molecule has 80 valence electrons. The molecule has 0 heterocycles. The number of hydrogen-bond donors (Lipinski definition) is 1. The Balaban J connectivity index is 3.11. The third-order valence-corrected chi connectivity index (χ3v) is 2.04. The van der Waals surface area contributed by atoms with Crippen LogP contribution in [-0.2, 0) is 11.2 Å². The molecule has 0 atom stereocenters. The molecule has 4 heteroatoms. The first-order valence-corrected chi connectivity index (χ1v) is 4.66. The average Bonchev–Trinajstić information content (AvgIpc) is 2.19. The summed E-state index contributed by atoms with van der Waals surface area (Å²) in [6.07, 6.45) is 0.318. The molecule has 1 N–H and O–H groups in total. The van der Waals surface area contributed by atoms with Crippen LogP contribution in [0.4, 0.5) is 0 Å². The predicted octanol–water partition coefficient (Wildman–Crippen LogP) is 2.47. The van der Waals surface area contributed by atoms with Crippen LogP contribution in [-0.4, -0.2) is 18.2 Å². The molecule has 0 amide bonds. The van der Waals surface area contributed by atoms with Gasteiger partial charge in [-0.1, -0.05) is 30.3 Å². The number of halogens is 1. The van der Waals surface area contributed by atoms with E-state index in [4.69, 9.17) is 11.6 Å². The molecule has 0 aliphatic carbocycles. The Bertz CT molecular complexity index is 399. The number of benzene rings is 1. The Morgan fingerprint density at radius 1 is 1.60 bits per heavy atom. The van der Waals surface area contributed by atoms with E-state index >= 15 is 0 Å². The molecule has 15 heavy (non-hydrogen) atoms. The topological polar surface area (TPSA) is 46.5 Å². The fourth-order valence-corrected chi connectivity index (χ4v) is 1.36. The van der Waals surface area contributed by atoms with Crippen molar-refractivity contribution in [1.29, 1.82) is 0 Å². The van der Waals surface area contributed by atoms with E-state index in [1.807, 2.05) is 0 Å². The van der Waals surface area contributed by atoms with E-state index < -0.39 is 5.97 Å². The average molecular weight is 227 g/mol. The number of carbonyl (C=O) groups excluding carboxylic acids is 1. The first-order chi connectivity index (χ1) is 7.06. The smallest absolute Gasteiger partial charge is 0.341 e. The lowest BCUT2D eigenvalue weighted by Gasteiger charge is -2.07. The maximum atomic E-state index is 11.2. The van der Waals surface area contributed by atoms with Gasteiger partial charge >= 0.3 is 5.97 Å². The van der Waals surface area contributed by atoms with Gasteiger partial charge < -0.3 is 9.84 Å². The number of phenolic OH excluding ortho intramolecular Hbond substituents is 1. The molecule has 0 saturated heterocycles. The molecule has 0 bridgehead atoms. The molecule has 0 aliphatic heterocycles. The summed E-state index contributed by atoms with van der Waals surface area (Å²) in [5.74, 6) is -0.680. The van der Waals surface area contributed by atoms with Crippen molar-refractivity contribution in [3.63, 3.8) is 0 Å². The summed E-state index contributed by atoms with van der Waals surface area (Å²) < 4.78 is 4.52. The minimum Gasteiger partial charge on any atom is -0.507 e. The van der Waals surface area contributed by atoms with Crippen LogP contribution in [0.3, 0.4) is 0 Å². The zero-order chi connectivity index (χ0) is 11.4. The molecule has 0 unspecified atom stereocenters. The summed E-state index contributed by atoms with van der Waals surface area (Å²) in [5.41, 5.74) is 0.686. The number of esters is 1. The third-order valence-electron chi connectivity index (χ3n) is 1.91. The lowest BCUT2D eigenvalue weighted by Crippen LogP contribution is -2.02. The fraction of sp³-hybridized carbons (Fsp3) is 0.182. The standard InChI is InChI=1S/C11H11ClO3/c1-7(12)6-8-4-3-5-9(10(8)13)11(14)15-2/h3-5,13H,1,6H2,2H3. The molecular weight excluding hydrogens is 216 g/mol. The maximum Gasteiger partial charge on any atom is 0.341 e. The molecule has 0 fully saturated rings. The van der Waals surface area contributed by atoms with Crippen molar-refractivity contribution in [2.24, 2.45) is 0 Å². The van der Waals surface area contributed by atoms with Crippen LogP contribution in [0.5, 0.6) is 5.75 Å². The van der Waals surface area contributed by atoms with Crippen LogP contribution in [0, 0.1) is 0 Å². The second kappa shape index (κ2) is 4.84. The number of methoxy groups -OCH3 is 1. The Morgan fingerprint density at radius 2 is 2.27 bits per heavy atom. The van der Waals surface area contributed by atoms with Crippen molar-refractivity contribution < 1.29 is 14.6 Å². The van der Waals surface area contributed by atoms with E-state index in [2.05, 4.69) is 11.3 Å². The van der Waals surface area contributed by atoms with Gasteiger partial charge in [0.1, 0.15) is 11.3 Å². The minimum absolute atomic E-state index is 0.105. The van der Waals surface area contributed by atoms with Crippen LogP contribution in [0.15, 0.2) is 29.8 Å². The molecule has 1 rings (SSSR count). The van der Waals surface area contributed by atoms with E-state index in [1.165, 1.54) is 13.2 Å². The van der Waals surface area contributed by atoms with Gasteiger partial charge in [0.25, 0.3) is 0 Å². The van der Waals surface area contributed by atoms with Crippen LogP contribution in [0.2, 0.25) is 0 Å². The highest BCUT2D eigenvalue weighted by molar-refractivity contribution is 6.29. The second-order valence-electron chi connectivity index (χ2n) is 3.00. The van der Waals surface area contributed by atoms with Gasteiger partial charge in [0.15, 0.2) is 0 Å². The first-order valence-electron chi connectivity index (χ1n) is 4.28. The Morgan fingerprint density at radius 3 is 2.80 bits per heavy atom.